The average Bonchev–Trinajstić information content (AvgIpc) is 2.80. The molecule has 0 aliphatic heterocycles. The van der Waals surface area contributed by atoms with Crippen LogP contribution in [0.15, 0.2) is 63.8 Å². The fraction of sp³-hybridized carbons (Fsp3) is 0. The third-order valence-corrected chi connectivity index (χ3v) is 4.43. The van der Waals surface area contributed by atoms with Crippen LogP contribution >= 0.6 is 31.9 Å². The van der Waals surface area contributed by atoms with Gasteiger partial charge in [0.05, 0.1) is 11.0 Å². The third-order valence-electron chi connectivity index (χ3n) is 3.44. The van der Waals surface area contributed by atoms with Crippen molar-refractivity contribution in [1.29, 1.82) is 0 Å². The monoisotopic (exact) mass is 401 g/mol. The highest BCUT2D eigenvalue weighted by molar-refractivity contribution is 9.10. The molecule has 0 atom stereocenters. The van der Waals surface area contributed by atoms with Crippen molar-refractivity contribution in [2.45, 2.75) is 0 Å². The number of nitrogens with zero attached hydrogens (tertiary/aromatic N) is 3. The van der Waals surface area contributed by atoms with Crippen molar-refractivity contribution in [2.24, 2.45) is 0 Å². The molecule has 0 amide bonds. The molecule has 5 heteroatoms. The maximum Gasteiger partial charge on any atom is 0.234 e. The smallest absolute Gasteiger partial charge is 0.234 e. The van der Waals surface area contributed by atoms with E-state index in [2.05, 4.69) is 82.8 Å². The molecule has 2 aromatic heterocycles. The minimum Gasteiger partial charge on any atom is -0.278 e. The van der Waals surface area contributed by atoms with Crippen molar-refractivity contribution >= 4 is 53.7 Å². The second-order valence-electron chi connectivity index (χ2n) is 4.71. The van der Waals surface area contributed by atoms with Gasteiger partial charge in [-0.2, -0.15) is 0 Å². The van der Waals surface area contributed by atoms with Crippen molar-refractivity contribution in [3.05, 3.63) is 63.8 Å². The fourth-order valence-electron chi connectivity index (χ4n) is 2.59. The lowest BCUT2D eigenvalue weighted by Crippen LogP contribution is -1.99. The van der Waals surface area contributed by atoms with E-state index in [4.69, 9.17) is 0 Å². The Balaban J connectivity index is 2.24. The maximum absolute atomic E-state index is 4.40. The second kappa shape index (κ2) is 4.93. The van der Waals surface area contributed by atoms with Gasteiger partial charge in [-0.15, -0.1) is 0 Å². The zero-order valence-electron chi connectivity index (χ0n) is 10.8. The first-order valence-corrected chi connectivity index (χ1v) is 7.99. The summed E-state index contributed by atoms with van der Waals surface area (Å²) in [7, 11) is 0. The molecule has 0 aliphatic rings. The second-order valence-corrected chi connectivity index (χ2v) is 6.54. The molecule has 0 saturated carbocycles. The highest BCUT2D eigenvalue weighted by Gasteiger charge is 2.14. The van der Waals surface area contributed by atoms with Gasteiger partial charge >= 0.3 is 0 Å². The van der Waals surface area contributed by atoms with Crippen LogP contribution in [-0.2, 0) is 0 Å². The number of hydrogen-bond acceptors (Lipinski definition) is 2. The first-order valence-electron chi connectivity index (χ1n) is 6.41. The molecule has 0 saturated heterocycles. The van der Waals surface area contributed by atoms with Crippen LogP contribution in [0.4, 0.5) is 0 Å². The Morgan fingerprint density at radius 3 is 1.81 bits per heavy atom. The Hall–Kier alpha value is -1.72. The lowest BCUT2D eigenvalue weighted by Gasteiger charge is -2.05. The molecule has 102 valence electrons. The summed E-state index contributed by atoms with van der Waals surface area (Å²) in [5.74, 6) is 0.675. The standard InChI is InChI=1S/C16H9Br2N3/c17-10-2-4-12-13-5-3-11(18)9-15(13)21(14(12)8-10)16-19-6-1-7-20-16/h1-9H. The van der Waals surface area contributed by atoms with E-state index in [1.165, 1.54) is 10.8 Å². The number of aromatic nitrogens is 3. The van der Waals surface area contributed by atoms with Crippen molar-refractivity contribution in [3.8, 4) is 5.95 Å². The number of benzene rings is 2. The summed E-state index contributed by atoms with van der Waals surface area (Å²) < 4.78 is 4.16. The van der Waals surface area contributed by atoms with E-state index in [9.17, 15) is 0 Å². The van der Waals surface area contributed by atoms with Crippen LogP contribution in [0, 0.1) is 0 Å². The fourth-order valence-corrected chi connectivity index (χ4v) is 3.29. The molecular formula is C16H9Br2N3. The van der Waals surface area contributed by atoms with Crippen molar-refractivity contribution in [1.82, 2.24) is 14.5 Å². The van der Waals surface area contributed by atoms with E-state index in [-0.39, 0.29) is 0 Å². The molecule has 4 rings (SSSR count). The average molecular weight is 403 g/mol. The van der Waals surface area contributed by atoms with E-state index in [1.54, 1.807) is 12.4 Å². The Morgan fingerprint density at radius 2 is 1.29 bits per heavy atom. The van der Waals surface area contributed by atoms with Gasteiger partial charge in [-0.1, -0.05) is 44.0 Å². The van der Waals surface area contributed by atoms with Crippen molar-refractivity contribution < 1.29 is 0 Å². The summed E-state index contributed by atoms with van der Waals surface area (Å²) >= 11 is 7.09. The highest BCUT2D eigenvalue weighted by Crippen LogP contribution is 2.33. The molecular weight excluding hydrogens is 394 g/mol. The largest absolute Gasteiger partial charge is 0.278 e. The van der Waals surface area contributed by atoms with E-state index >= 15 is 0 Å². The molecule has 0 unspecified atom stereocenters. The topological polar surface area (TPSA) is 30.7 Å². The Labute approximate surface area is 137 Å². The molecule has 2 heterocycles. The minimum atomic E-state index is 0.675. The summed E-state index contributed by atoms with van der Waals surface area (Å²) in [5, 5.41) is 2.38. The van der Waals surface area contributed by atoms with Crippen LogP contribution in [0.1, 0.15) is 0 Å². The van der Waals surface area contributed by atoms with Crippen LogP contribution in [0.2, 0.25) is 0 Å². The van der Waals surface area contributed by atoms with Gasteiger partial charge in [-0.3, -0.25) is 4.57 Å². The lowest BCUT2D eigenvalue weighted by atomic mass is 10.2. The van der Waals surface area contributed by atoms with Gasteiger partial charge in [0, 0.05) is 32.1 Å². The Bertz CT molecular complexity index is 902. The summed E-state index contributed by atoms with van der Waals surface area (Å²) in [6.45, 7) is 0. The molecule has 3 nitrogen and oxygen atoms in total. The van der Waals surface area contributed by atoms with Crippen LogP contribution in [0.3, 0.4) is 0 Å². The normalized spacial score (nSPS) is 11.3. The number of fused-ring (bicyclic) bond motifs is 3. The van der Waals surface area contributed by atoms with Gasteiger partial charge in [-0.05, 0) is 30.3 Å². The van der Waals surface area contributed by atoms with Gasteiger partial charge in [0.25, 0.3) is 0 Å². The highest BCUT2D eigenvalue weighted by atomic mass is 79.9. The SMILES string of the molecule is Brc1ccc2c3ccc(Br)cc3n(-c3ncccn3)c2c1. The molecule has 0 spiro atoms. The van der Waals surface area contributed by atoms with Gasteiger partial charge < -0.3 is 0 Å². The molecule has 0 N–H and O–H groups in total. The Morgan fingerprint density at radius 1 is 0.762 bits per heavy atom. The molecule has 0 radical (unpaired) electrons. The first-order chi connectivity index (χ1) is 10.2. The molecule has 0 fully saturated rings. The molecule has 4 aromatic rings. The predicted octanol–water partition coefficient (Wildman–Crippen LogP) is 5.10. The van der Waals surface area contributed by atoms with Crippen molar-refractivity contribution in [3.63, 3.8) is 0 Å². The summed E-state index contributed by atoms with van der Waals surface area (Å²) in [5.41, 5.74) is 2.17. The van der Waals surface area contributed by atoms with Crippen LogP contribution in [0.25, 0.3) is 27.8 Å². The molecule has 21 heavy (non-hydrogen) atoms. The molecule has 0 aliphatic carbocycles. The van der Waals surface area contributed by atoms with E-state index in [1.807, 2.05) is 6.07 Å². The third kappa shape index (κ3) is 2.08. The summed E-state index contributed by atoms with van der Waals surface area (Å²) in [6, 6.07) is 14.4. The predicted molar refractivity (Wildman–Crippen MR) is 91.8 cm³/mol. The summed E-state index contributed by atoms with van der Waals surface area (Å²) in [6.07, 6.45) is 3.52. The maximum atomic E-state index is 4.40. The summed E-state index contributed by atoms with van der Waals surface area (Å²) in [4.78, 5) is 8.80. The van der Waals surface area contributed by atoms with Crippen LogP contribution < -0.4 is 0 Å². The van der Waals surface area contributed by atoms with E-state index < -0.39 is 0 Å². The number of rotatable bonds is 1. The van der Waals surface area contributed by atoms with Crippen molar-refractivity contribution in [2.75, 3.05) is 0 Å². The van der Waals surface area contributed by atoms with Crippen LogP contribution in [0.5, 0.6) is 0 Å². The Kier molecular flexibility index (Phi) is 3.05. The van der Waals surface area contributed by atoms with Gasteiger partial charge in [-0.25, -0.2) is 9.97 Å². The molecule has 2 aromatic carbocycles. The van der Waals surface area contributed by atoms with Crippen LogP contribution in [-0.4, -0.2) is 14.5 Å². The number of hydrogen-bond donors (Lipinski definition) is 0. The van der Waals surface area contributed by atoms with Gasteiger partial charge in [0.1, 0.15) is 0 Å². The zero-order chi connectivity index (χ0) is 14.4. The molecule has 0 bridgehead atoms. The minimum absolute atomic E-state index is 0.675. The first kappa shape index (κ1) is 13.0. The number of halogens is 2. The lowest BCUT2D eigenvalue weighted by molar-refractivity contribution is 0.988. The van der Waals surface area contributed by atoms with E-state index in [0.29, 0.717) is 5.95 Å². The van der Waals surface area contributed by atoms with E-state index in [0.717, 1.165) is 20.0 Å². The zero-order valence-corrected chi connectivity index (χ0v) is 14.0. The van der Waals surface area contributed by atoms with Gasteiger partial charge in [0.15, 0.2) is 0 Å². The van der Waals surface area contributed by atoms with Gasteiger partial charge in [0.2, 0.25) is 5.95 Å². The quantitative estimate of drug-likeness (QED) is 0.443.